The van der Waals surface area contributed by atoms with Crippen molar-refractivity contribution in [3.05, 3.63) is 12.2 Å². The van der Waals surface area contributed by atoms with E-state index < -0.39 is 24.5 Å². The van der Waals surface area contributed by atoms with E-state index in [1.54, 1.807) is 6.08 Å². The molecule has 1 rings (SSSR count). The van der Waals surface area contributed by atoms with Crippen LogP contribution in [0.4, 0.5) is 9.59 Å². The molecule has 0 N–H and O–H groups in total. The lowest BCUT2D eigenvalue weighted by molar-refractivity contribution is -0.0357. The highest BCUT2D eigenvalue weighted by Gasteiger charge is 2.28. The number of carbonyl (C=O) groups is 2. The quantitative estimate of drug-likeness (QED) is 0.559. The third-order valence-corrected chi connectivity index (χ3v) is 2.61. The SMILES string of the molecule is COC(=O)OC1/C=C\CCCCC1OC(=O)OC. The molecule has 0 amide bonds. The second-order valence-electron chi connectivity index (χ2n) is 3.86. The van der Waals surface area contributed by atoms with Crippen LogP contribution in [0.2, 0.25) is 0 Å². The van der Waals surface area contributed by atoms with Crippen LogP contribution in [0.25, 0.3) is 0 Å². The topological polar surface area (TPSA) is 71.1 Å². The van der Waals surface area contributed by atoms with Gasteiger partial charge in [-0.1, -0.05) is 6.08 Å². The standard InChI is InChI=1S/C12H18O6/c1-15-11(13)17-9-7-5-3-4-6-8-10(9)18-12(14)16-2/h5,7,9-10H,3-4,6,8H2,1-2H3/b7-5-. The van der Waals surface area contributed by atoms with Gasteiger partial charge in [-0.3, -0.25) is 0 Å². The molecule has 0 aromatic carbocycles. The maximum atomic E-state index is 11.1. The summed E-state index contributed by atoms with van der Waals surface area (Å²) in [5.41, 5.74) is 0. The Balaban J connectivity index is 2.70. The summed E-state index contributed by atoms with van der Waals surface area (Å²) in [6.07, 6.45) is 4.24. The van der Waals surface area contributed by atoms with Crippen LogP contribution in [-0.4, -0.2) is 38.7 Å². The molecule has 0 radical (unpaired) electrons. The molecule has 0 aromatic rings. The van der Waals surface area contributed by atoms with Crippen LogP contribution in [0.3, 0.4) is 0 Å². The van der Waals surface area contributed by atoms with E-state index in [0.29, 0.717) is 6.42 Å². The van der Waals surface area contributed by atoms with E-state index in [-0.39, 0.29) is 0 Å². The number of methoxy groups -OCH3 is 2. The first-order valence-corrected chi connectivity index (χ1v) is 5.83. The molecule has 2 unspecified atom stereocenters. The molecule has 0 aliphatic heterocycles. The molecule has 0 fully saturated rings. The molecule has 6 nitrogen and oxygen atoms in total. The summed E-state index contributed by atoms with van der Waals surface area (Å²) in [5.74, 6) is 0. The van der Waals surface area contributed by atoms with Gasteiger partial charge in [0.25, 0.3) is 0 Å². The molecule has 6 heteroatoms. The maximum Gasteiger partial charge on any atom is 0.508 e. The molecule has 0 saturated carbocycles. The number of ether oxygens (including phenoxy) is 4. The van der Waals surface area contributed by atoms with Crippen molar-refractivity contribution < 1.29 is 28.5 Å². The van der Waals surface area contributed by atoms with E-state index in [9.17, 15) is 9.59 Å². The first kappa shape index (κ1) is 14.3. The number of hydrogen-bond acceptors (Lipinski definition) is 6. The fourth-order valence-corrected chi connectivity index (χ4v) is 1.70. The Hall–Kier alpha value is -1.72. The lowest BCUT2D eigenvalue weighted by Crippen LogP contribution is -2.34. The summed E-state index contributed by atoms with van der Waals surface area (Å²) in [7, 11) is 2.46. The van der Waals surface area contributed by atoms with E-state index >= 15 is 0 Å². The Bertz CT molecular complexity index is 312. The first-order chi connectivity index (χ1) is 8.67. The Morgan fingerprint density at radius 3 is 2.39 bits per heavy atom. The first-order valence-electron chi connectivity index (χ1n) is 5.83. The summed E-state index contributed by atoms with van der Waals surface area (Å²) < 4.78 is 19.0. The van der Waals surface area contributed by atoms with Crippen molar-refractivity contribution >= 4 is 12.3 Å². The zero-order valence-electron chi connectivity index (χ0n) is 10.6. The minimum Gasteiger partial charge on any atom is -0.438 e. The molecular formula is C12H18O6. The molecule has 0 aromatic heterocycles. The highest BCUT2D eigenvalue weighted by Crippen LogP contribution is 2.19. The van der Waals surface area contributed by atoms with Gasteiger partial charge in [-0.15, -0.1) is 0 Å². The van der Waals surface area contributed by atoms with E-state index in [1.165, 1.54) is 14.2 Å². The average molecular weight is 258 g/mol. The van der Waals surface area contributed by atoms with Crippen molar-refractivity contribution in [3.63, 3.8) is 0 Å². The van der Waals surface area contributed by atoms with Crippen LogP contribution in [-0.2, 0) is 18.9 Å². The monoisotopic (exact) mass is 258 g/mol. The van der Waals surface area contributed by atoms with Crippen LogP contribution in [0.1, 0.15) is 25.7 Å². The van der Waals surface area contributed by atoms with E-state index in [0.717, 1.165) is 19.3 Å². The predicted octanol–water partition coefficient (Wildman–Crippen LogP) is 2.42. The summed E-state index contributed by atoms with van der Waals surface area (Å²) in [6.45, 7) is 0. The largest absolute Gasteiger partial charge is 0.508 e. The highest BCUT2D eigenvalue weighted by atomic mass is 16.7. The number of carbonyl (C=O) groups excluding carboxylic acids is 2. The Labute approximate surface area is 106 Å². The third-order valence-electron chi connectivity index (χ3n) is 2.61. The van der Waals surface area contributed by atoms with Crippen LogP contribution in [0.5, 0.6) is 0 Å². The van der Waals surface area contributed by atoms with Crippen LogP contribution >= 0.6 is 0 Å². The van der Waals surface area contributed by atoms with Gasteiger partial charge >= 0.3 is 12.3 Å². The fourth-order valence-electron chi connectivity index (χ4n) is 1.70. The van der Waals surface area contributed by atoms with Gasteiger partial charge in [0.15, 0.2) is 6.10 Å². The average Bonchev–Trinajstić information content (AvgIpc) is 2.36. The van der Waals surface area contributed by atoms with Crippen LogP contribution < -0.4 is 0 Å². The lowest BCUT2D eigenvalue weighted by Gasteiger charge is -2.24. The predicted molar refractivity (Wildman–Crippen MR) is 62.2 cm³/mol. The minimum absolute atomic E-state index is 0.548. The summed E-state index contributed by atoms with van der Waals surface area (Å²) in [4.78, 5) is 22.3. The molecule has 0 heterocycles. The van der Waals surface area contributed by atoms with E-state index in [4.69, 9.17) is 9.47 Å². The van der Waals surface area contributed by atoms with Crippen molar-refractivity contribution in [2.24, 2.45) is 0 Å². The molecule has 18 heavy (non-hydrogen) atoms. The van der Waals surface area contributed by atoms with Gasteiger partial charge < -0.3 is 18.9 Å². The van der Waals surface area contributed by atoms with Crippen molar-refractivity contribution in [3.8, 4) is 0 Å². The highest BCUT2D eigenvalue weighted by molar-refractivity contribution is 5.61. The van der Waals surface area contributed by atoms with Gasteiger partial charge in [-0.05, 0) is 31.8 Å². The molecule has 0 saturated heterocycles. The zero-order chi connectivity index (χ0) is 13.4. The Kier molecular flexibility index (Phi) is 6.04. The Morgan fingerprint density at radius 2 is 1.72 bits per heavy atom. The second-order valence-corrected chi connectivity index (χ2v) is 3.86. The fraction of sp³-hybridized carbons (Fsp3) is 0.667. The van der Waals surface area contributed by atoms with Gasteiger partial charge in [0.1, 0.15) is 6.10 Å². The maximum absolute atomic E-state index is 11.1. The van der Waals surface area contributed by atoms with E-state index in [1.807, 2.05) is 6.08 Å². The molecule has 2 atom stereocenters. The molecular weight excluding hydrogens is 240 g/mol. The van der Waals surface area contributed by atoms with Gasteiger partial charge in [0.05, 0.1) is 14.2 Å². The van der Waals surface area contributed by atoms with Gasteiger partial charge in [0.2, 0.25) is 0 Å². The van der Waals surface area contributed by atoms with Gasteiger partial charge in [-0.2, -0.15) is 0 Å². The van der Waals surface area contributed by atoms with Crippen molar-refractivity contribution in [2.45, 2.75) is 37.9 Å². The number of hydrogen-bond donors (Lipinski definition) is 0. The van der Waals surface area contributed by atoms with Crippen LogP contribution in [0, 0.1) is 0 Å². The van der Waals surface area contributed by atoms with Crippen molar-refractivity contribution in [1.29, 1.82) is 0 Å². The summed E-state index contributed by atoms with van der Waals surface area (Å²) in [5, 5.41) is 0. The normalized spacial score (nSPS) is 25.2. The summed E-state index contributed by atoms with van der Waals surface area (Å²) >= 11 is 0. The number of rotatable bonds is 2. The molecule has 0 spiro atoms. The molecule has 102 valence electrons. The van der Waals surface area contributed by atoms with Gasteiger partial charge in [-0.25, -0.2) is 9.59 Å². The molecule has 0 bridgehead atoms. The second kappa shape index (κ2) is 7.58. The molecule has 1 aliphatic carbocycles. The molecule has 1 aliphatic rings. The lowest BCUT2D eigenvalue weighted by atomic mass is 10.0. The van der Waals surface area contributed by atoms with Gasteiger partial charge in [0, 0.05) is 0 Å². The Morgan fingerprint density at radius 1 is 1.06 bits per heavy atom. The van der Waals surface area contributed by atoms with Crippen LogP contribution in [0.15, 0.2) is 12.2 Å². The van der Waals surface area contributed by atoms with E-state index in [2.05, 4.69) is 9.47 Å². The van der Waals surface area contributed by atoms with Crippen molar-refractivity contribution in [1.82, 2.24) is 0 Å². The number of allylic oxidation sites excluding steroid dienone is 1. The smallest absolute Gasteiger partial charge is 0.438 e. The minimum atomic E-state index is -0.802. The zero-order valence-corrected chi connectivity index (χ0v) is 10.6. The van der Waals surface area contributed by atoms with Crippen molar-refractivity contribution in [2.75, 3.05) is 14.2 Å². The third kappa shape index (κ3) is 4.65. The summed E-state index contributed by atoms with van der Waals surface area (Å²) in [6, 6.07) is 0.